The van der Waals surface area contributed by atoms with E-state index in [1.165, 1.54) is 83.5 Å². The van der Waals surface area contributed by atoms with Gasteiger partial charge in [0.05, 0.1) is 34.4 Å². The van der Waals surface area contributed by atoms with Crippen LogP contribution in [-0.4, -0.2) is 76.2 Å². The highest BCUT2D eigenvalue weighted by molar-refractivity contribution is 7.47. The number of nitrogens with zero attached hydrogens (tertiary/aromatic N) is 1. The third-order valence-electron chi connectivity index (χ3n) is 6.24. The Morgan fingerprint density at radius 2 is 1.11 bits per heavy atom. The summed E-state index contributed by atoms with van der Waals surface area (Å²) >= 11 is 0. The van der Waals surface area contributed by atoms with Crippen LogP contribution >= 0.6 is 7.82 Å². The zero-order valence-electron chi connectivity index (χ0n) is 24.5. The van der Waals surface area contributed by atoms with Gasteiger partial charge in [-0.1, -0.05) is 104 Å². The van der Waals surface area contributed by atoms with Crippen molar-refractivity contribution >= 4 is 7.82 Å². The maximum absolute atomic E-state index is 12.3. The summed E-state index contributed by atoms with van der Waals surface area (Å²) in [5.74, 6) is 0. The van der Waals surface area contributed by atoms with Crippen molar-refractivity contribution in [1.82, 2.24) is 0 Å². The molecule has 0 spiro atoms. The standard InChI is InChI=1S/C28H60NO6P/c1-6-8-10-12-14-15-16-17-18-20-23-32-26-28(33-24-21-19-13-11-9-7-2)27-35-36(30,31)34-25-22-29(3,4)5/h28H,6-27H2,1-5H3/p+1. The quantitative estimate of drug-likeness (QED) is 0.0631. The molecule has 7 nitrogen and oxygen atoms in total. The van der Waals surface area contributed by atoms with Crippen LogP contribution in [0.2, 0.25) is 0 Å². The highest BCUT2D eigenvalue weighted by atomic mass is 31.2. The van der Waals surface area contributed by atoms with Crippen LogP contribution < -0.4 is 0 Å². The van der Waals surface area contributed by atoms with E-state index in [1.54, 1.807) is 0 Å². The number of rotatable bonds is 28. The first-order chi connectivity index (χ1) is 17.2. The molecule has 0 aromatic heterocycles. The maximum atomic E-state index is 12.3. The summed E-state index contributed by atoms with van der Waals surface area (Å²) < 4.78 is 35.1. The number of likely N-dealkylation sites (N-methyl/N-ethyl adjacent to an activating group) is 1. The summed E-state index contributed by atoms with van der Waals surface area (Å²) in [5.41, 5.74) is 0. The number of ether oxygens (including phenoxy) is 2. The van der Waals surface area contributed by atoms with E-state index in [4.69, 9.17) is 18.5 Å². The minimum atomic E-state index is -4.11. The molecule has 2 unspecified atom stereocenters. The predicted octanol–water partition coefficient (Wildman–Crippen LogP) is 7.51. The van der Waals surface area contributed by atoms with Gasteiger partial charge in [-0.15, -0.1) is 0 Å². The molecule has 0 aliphatic heterocycles. The van der Waals surface area contributed by atoms with Crippen LogP contribution in [0.1, 0.15) is 117 Å². The average Bonchev–Trinajstić information content (AvgIpc) is 2.81. The van der Waals surface area contributed by atoms with E-state index < -0.39 is 7.82 Å². The Balaban J connectivity index is 4.16. The summed E-state index contributed by atoms with van der Waals surface area (Å²) in [5, 5.41) is 0. The largest absolute Gasteiger partial charge is 0.472 e. The van der Waals surface area contributed by atoms with E-state index >= 15 is 0 Å². The molecule has 0 saturated heterocycles. The predicted molar refractivity (Wildman–Crippen MR) is 150 cm³/mol. The zero-order chi connectivity index (χ0) is 27.0. The van der Waals surface area contributed by atoms with Crippen LogP contribution in [0.15, 0.2) is 0 Å². The molecule has 1 N–H and O–H groups in total. The van der Waals surface area contributed by atoms with E-state index in [2.05, 4.69) is 13.8 Å². The molecule has 8 heteroatoms. The fourth-order valence-electron chi connectivity index (χ4n) is 3.83. The van der Waals surface area contributed by atoms with E-state index in [1.807, 2.05) is 21.1 Å². The molecule has 0 saturated carbocycles. The second kappa shape index (κ2) is 24.1. The van der Waals surface area contributed by atoms with Crippen molar-refractivity contribution < 1.29 is 32.5 Å². The fraction of sp³-hybridized carbons (Fsp3) is 1.00. The van der Waals surface area contributed by atoms with E-state index in [0.29, 0.717) is 30.8 Å². The van der Waals surface area contributed by atoms with Gasteiger partial charge in [0.15, 0.2) is 0 Å². The molecule has 0 heterocycles. The zero-order valence-corrected chi connectivity index (χ0v) is 25.4. The summed E-state index contributed by atoms with van der Waals surface area (Å²) in [6, 6.07) is 0. The summed E-state index contributed by atoms with van der Waals surface area (Å²) in [6.45, 7) is 6.91. The smallest absolute Gasteiger partial charge is 0.379 e. The van der Waals surface area contributed by atoms with Gasteiger partial charge < -0.3 is 18.9 Å². The number of hydrogen-bond acceptors (Lipinski definition) is 5. The molecule has 36 heavy (non-hydrogen) atoms. The van der Waals surface area contributed by atoms with Crippen LogP contribution in [0.5, 0.6) is 0 Å². The maximum Gasteiger partial charge on any atom is 0.472 e. The Labute approximate surface area is 223 Å². The number of quaternary nitrogens is 1. The molecule has 0 rings (SSSR count). The van der Waals surface area contributed by atoms with Crippen LogP contribution in [-0.2, 0) is 23.1 Å². The van der Waals surface area contributed by atoms with Crippen molar-refractivity contribution in [3.8, 4) is 0 Å². The molecule has 0 aromatic carbocycles. The van der Waals surface area contributed by atoms with Gasteiger partial charge in [0.25, 0.3) is 0 Å². The molecule has 0 aromatic rings. The Bertz CT molecular complexity index is 515. The van der Waals surface area contributed by atoms with Crippen molar-refractivity contribution in [2.45, 2.75) is 123 Å². The topological polar surface area (TPSA) is 74.2 Å². The fourth-order valence-corrected chi connectivity index (χ4v) is 4.57. The van der Waals surface area contributed by atoms with Crippen molar-refractivity contribution in [3.63, 3.8) is 0 Å². The van der Waals surface area contributed by atoms with Crippen LogP contribution in [0.25, 0.3) is 0 Å². The first-order valence-corrected chi connectivity index (χ1v) is 16.3. The van der Waals surface area contributed by atoms with Gasteiger partial charge in [-0.05, 0) is 12.8 Å². The molecule has 2 atom stereocenters. The van der Waals surface area contributed by atoms with Gasteiger partial charge in [0.1, 0.15) is 19.3 Å². The highest BCUT2D eigenvalue weighted by Crippen LogP contribution is 2.43. The first kappa shape index (κ1) is 36.0. The molecular weight excluding hydrogens is 477 g/mol. The van der Waals surface area contributed by atoms with Crippen molar-refractivity contribution in [1.29, 1.82) is 0 Å². The van der Waals surface area contributed by atoms with Crippen molar-refractivity contribution in [2.75, 3.05) is 60.7 Å². The SMILES string of the molecule is CCCCCCCCCCCCOCC(COP(=O)(O)OCC[N+](C)(C)C)OCCCCCCCC. The molecule has 0 amide bonds. The van der Waals surface area contributed by atoms with Gasteiger partial charge >= 0.3 is 7.82 Å². The van der Waals surface area contributed by atoms with Gasteiger partial charge in [-0.2, -0.15) is 0 Å². The normalized spacial score (nSPS) is 14.7. The monoisotopic (exact) mass is 538 g/mol. The second-order valence-electron chi connectivity index (χ2n) is 11.1. The van der Waals surface area contributed by atoms with E-state index in [9.17, 15) is 9.46 Å². The number of phosphoric acid groups is 1. The van der Waals surface area contributed by atoms with E-state index in [-0.39, 0.29) is 19.3 Å². The molecular formula is C28H61NO6P+. The lowest BCUT2D eigenvalue weighted by molar-refractivity contribution is -0.870. The third-order valence-corrected chi connectivity index (χ3v) is 7.22. The minimum absolute atomic E-state index is 0.00792. The number of phosphoric ester groups is 1. The average molecular weight is 539 g/mol. The lowest BCUT2D eigenvalue weighted by atomic mass is 10.1. The molecule has 0 radical (unpaired) electrons. The summed E-state index contributed by atoms with van der Waals surface area (Å²) in [6.07, 6.45) is 19.7. The summed E-state index contributed by atoms with van der Waals surface area (Å²) in [7, 11) is 1.91. The van der Waals surface area contributed by atoms with Gasteiger partial charge in [0.2, 0.25) is 0 Å². The lowest BCUT2D eigenvalue weighted by Crippen LogP contribution is -2.37. The Kier molecular flexibility index (Phi) is 24.1. The second-order valence-corrected chi connectivity index (χ2v) is 12.6. The Morgan fingerprint density at radius 1 is 0.639 bits per heavy atom. The molecule has 0 aliphatic rings. The molecule has 218 valence electrons. The Morgan fingerprint density at radius 3 is 1.61 bits per heavy atom. The lowest BCUT2D eigenvalue weighted by Gasteiger charge is -2.24. The molecule has 0 bridgehead atoms. The Hall–Kier alpha value is -0.0100. The van der Waals surface area contributed by atoms with Crippen LogP contribution in [0.4, 0.5) is 0 Å². The van der Waals surface area contributed by atoms with Crippen LogP contribution in [0.3, 0.4) is 0 Å². The molecule has 0 aliphatic carbocycles. The number of hydrogen-bond donors (Lipinski definition) is 1. The molecule has 0 fully saturated rings. The van der Waals surface area contributed by atoms with Gasteiger partial charge in [-0.25, -0.2) is 4.57 Å². The van der Waals surface area contributed by atoms with Gasteiger partial charge in [0, 0.05) is 13.2 Å². The number of unbranched alkanes of at least 4 members (excludes halogenated alkanes) is 14. The third kappa shape index (κ3) is 27.0. The van der Waals surface area contributed by atoms with Crippen molar-refractivity contribution in [2.24, 2.45) is 0 Å². The first-order valence-electron chi connectivity index (χ1n) is 14.8. The highest BCUT2D eigenvalue weighted by Gasteiger charge is 2.25. The van der Waals surface area contributed by atoms with Crippen molar-refractivity contribution in [3.05, 3.63) is 0 Å². The van der Waals surface area contributed by atoms with E-state index in [0.717, 1.165) is 19.3 Å². The summed E-state index contributed by atoms with van der Waals surface area (Å²) in [4.78, 5) is 10.0. The van der Waals surface area contributed by atoms with Crippen LogP contribution in [0, 0.1) is 0 Å². The van der Waals surface area contributed by atoms with Gasteiger partial charge in [-0.3, -0.25) is 9.05 Å². The minimum Gasteiger partial charge on any atom is -0.379 e.